The van der Waals surface area contributed by atoms with Gasteiger partial charge in [0, 0.05) is 28.9 Å². The number of hydrogen-bond acceptors (Lipinski definition) is 3. The third-order valence-corrected chi connectivity index (χ3v) is 5.38. The number of hydrogen-bond donors (Lipinski definition) is 2. The molecular weight excluding hydrogens is 402 g/mol. The van der Waals surface area contributed by atoms with E-state index in [1.54, 1.807) is 18.2 Å². The number of likely N-dealkylation sites (tertiary alicyclic amines) is 1. The molecule has 9 heteroatoms. The lowest BCUT2D eigenvalue weighted by molar-refractivity contribution is -0.137. The fraction of sp³-hybridized carbons (Fsp3) is 0.333. The van der Waals surface area contributed by atoms with Crippen molar-refractivity contribution >= 4 is 17.5 Å². The molecule has 2 amide bonds. The predicted octanol–water partition coefficient (Wildman–Crippen LogP) is 3.98. The molecule has 2 aromatic carbocycles. The summed E-state index contributed by atoms with van der Waals surface area (Å²) in [6.07, 6.45) is -2.62. The number of fused-ring (bicyclic) bond motifs is 1. The van der Waals surface area contributed by atoms with Gasteiger partial charge in [-0.1, -0.05) is 6.07 Å². The fourth-order valence-electron chi connectivity index (χ4n) is 3.99. The highest BCUT2D eigenvalue weighted by atomic mass is 19.4. The molecule has 0 saturated carbocycles. The van der Waals surface area contributed by atoms with Crippen molar-refractivity contribution in [3.63, 3.8) is 0 Å². The van der Waals surface area contributed by atoms with Crippen LogP contribution in [0.4, 0.5) is 23.2 Å². The van der Waals surface area contributed by atoms with Crippen molar-refractivity contribution in [3.8, 4) is 0 Å². The summed E-state index contributed by atoms with van der Waals surface area (Å²) in [5, 5.41) is 5.45. The van der Waals surface area contributed by atoms with Gasteiger partial charge >= 0.3 is 6.18 Å². The quantitative estimate of drug-likeness (QED) is 0.735. The molecule has 2 N–H and O–H groups in total. The smallest absolute Gasteiger partial charge is 0.344 e. The molecule has 5 nitrogen and oxygen atoms in total. The van der Waals surface area contributed by atoms with Gasteiger partial charge in [0.25, 0.3) is 11.8 Å². The first-order chi connectivity index (χ1) is 14.2. The maximum atomic E-state index is 13.7. The summed E-state index contributed by atoms with van der Waals surface area (Å²) in [6, 6.07) is 6.14. The van der Waals surface area contributed by atoms with E-state index in [0.29, 0.717) is 35.5 Å². The zero-order valence-electron chi connectivity index (χ0n) is 15.9. The number of benzene rings is 2. The number of amides is 2. The topological polar surface area (TPSA) is 61.4 Å². The van der Waals surface area contributed by atoms with E-state index < -0.39 is 29.0 Å². The van der Waals surface area contributed by atoms with Crippen molar-refractivity contribution < 1.29 is 27.2 Å². The Morgan fingerprint density at radius 1 is 1.17 bits per heavy atom. The van der Waals surface area contributed by atoms with E-state index in [-0.39, 0.29) is 11.9 Å². The van der Waals surface area contributed by atoms with E-state index in [4.69, 9.17) is 0 Å². The minimum absolute atomic E-state index is 0.268. The number of rotatable bonds is 4. The van der Waals surface area contributed by atoms with Crippen LogP contribution in [0.15, 0.2) is 36.4 Å². The molecule has 30 heavy (non-hydrogen) atoms. The number of carbonyl (C=O) groups excluding carboxylic acids is 2. The van der Waals surface area contributed by atoms with Crippen LogP contribution in [0, 0.1) is 5.82 Å². The second-order valence-electron chi connectivity index (χ2n) is 7.48. The van der Waals surface area contributed by atoms with E-state index in [0.717, 1.165) is 32.0 Å². The van der Waals surface area contributed by atoms with E-state index in [1.807, 2.05) is 0 Å². The minimum atomic E-state index is -4.78. The predicted molar refractivity (Wildman–Crippen MR) is 102 cm³/mol. The third-order valence-electron chi connectivity index (χ3n) is 5.38. The molecule has 1 atom stereocenters. The van der Waals surface area contributed by atoms with Gasteiger partial charge in [-0.25, -0.2) is 4.39 Å². The van der Waals surface area contributed by atoms with Crippen LogP contribution >= 0.6 is 0 Å². The number of nitrogens with one attached hydrogen (secondary N) is 2. The first kappa shape index (κ1) is 20.3. The lowest BCUT2D eigenvalue weighted by Gasteiger charge is -2.22. The number of anilines is 1. The normalized spacial score (nSPS) is 18.9. The summed E-state index contributed by atoms with van der Waals surface area (Å²) in [6.45, 7) is 2.41. The lowest BCUT2D eigenvalue weighted by Crippen LogP contribution is -2.32. The first-order valence-electron chi connectivity index (χ1n) is 9.57. The first-order valence-corrected chi connectivity index (χ1v) is 9.57. The molecule has 2 heterocycles. The van der Waals surface area contributed by atoms with Crippen LogP contribution in [-0.4, -0.2) is 36.3 Å². The van der Waals surface area contributed by atoms with Crippen LogP contribution in [-0.2, 0) is 6.18 Å². The van der Waals surface area contributed by atoms with Gasteiger partial charge in [-0.05, 0) is 56.3 Å². The molecule has 2 aliphatic heterocycles. The highest BCUT2D eigenvalue weighted by Crippen LogP contribution is 2.34. The van der Waals surface area contributed by atoms with Gasteiger partial charge in [-0.15, -0.1) is 0 Å². The van der Waals surface area contributed by atoms with E-state index >= 15 is 0 Å². The van der Waals surface area contributed by atoms with Crippen LogP contribution in [0.5, 0.6) is 0 Å². The van der Waals surface area contributed by atoms with Gasteiger partial charge in [0.05, 0.1) is 11.6 Å². The number of carbonyl (C=O) groups is 2. The zero-order valence-corrected chi connectivity index (χ0v) is 15.9. The van der Waals surface area contributed by atoms with Crippen molar-refractivity contribution in [1.29, 1.82) is 0 Å². The molecule has 0 bridgehead atoms. The highest BCUT2D eigenvalue weighted by molar-refractivity contribution is 6.07. The van der Waals surface area contributed by atoms with E-state index in [9.17, 15) is 27.2 Å². The van der Waals surface area contributed by atoms with Crippen molar-refractivity contribution in [2.24, 2.45) is 0 Å². The van der Waals surface area contributed by atoms with Gasteiger partial charge in [0.15, 0.2) is 0 Å². The van der Waals surface area contributed by atoms with Crippen LogP contribution < -0.4 is 10.6 Å². The summed E-state index contributed by atoms with van der Waals surface area (Å²) in [4.78, 5) is 27.2. The molecule has 0 aliphatic carbocycles. The molecule has 1 saturated heterocycles. The van der Waals surface area contributed by atoms with Crippen LogP contribution in [0.25, 0.3) is 0 Å². The molecule has 4 rings (SSSR count). The van der Waals surface area contributed by atoms with Crippen LogP contribution in [0.2, 0.25) is 0 Å². The Bertz CT molecular complexity index is 1000. The molecule has 1 fully saturated rings. The van der Waals surface area contributed by atoms with E-state index in [1.165, 1.54) is 0 Å². The lowest BCUT2D eigenvalue weighted by atomic mass is 10.0. The van der Waals surface area contributed by atoms with Crippen molar-refractivity contribution in [1.82, 2.24) is 10.2 Å². The average Bonchev–Trinajstić information content (AvgIpc) is 3.30. The number of halogens is 4. The summed E-state index contributed by atoms with van der Waals surface area (Å²) in [5.41, 5.74) is -0.372. The zero-order chi connectivity index (χ0) is 21.5. The van der Waals surface area contributed by atoms with Crippen molar-refractivity contribution in [2.45, 2.75) is 25.1 Å². The largest absolute Gasteiger partial charge is 0.416 e. The van der Waals surface area contributed by atoms with Gasteiger partial charge in [0.2, 0.25) is 0 Å². The standard InChI is InChI=1S/C21H19F4N3O2/c22-14-9-12(8-13(10-14)21(23,24)25)19(29)26-16-5-3-4-15-18(16)17(27-20(15)30)11-28-6-1-2-7-28/h3-5,8-10,17H,1-2,6-7,11H2,(H,26,29)(H,27,30). The molecule has 0 spiro atoms. The van der Waals surface area contributed by atoms with Crippen LogP contribution in [0.3, 0.4) is 0 Å². The van der Waals surface area contributed by atoms with Crippen LogP contribution in [0.1, 0.15) is 50.7 Å². The Kier molecular flexibility index (Phi) is 5.23. The Morgan fingerprint density at radius 3 is 2.60 bits per heavy atom. The summed E-state index contributed by atoms with van der Waals surface area (Å²) >= 11 is 0. The number of alkyl halides is 3. The Hall–Kier alpha value is -2.94. The Balaban J connectivity index is 1.62. The maximum absolute atomic E-state index is 13.7. The summed E-state index contributed by atoms with van der Waals surface area (Å²) < 4.78 is 52.5. The second kappa shape index (κ2) is 7.71. The molecule has 0 aromatic heterocycles. The molecule has 0 radical (unpaired) electrons. The summed E-state index contributed by atoms with van der Waals surface area (Å²) in [5.74, 6) is -2.31. The minimum Gasteiger partial charge on any atom is -0.344 e. The molecule has 2 aliphatic rings. The molecule has 158 valence electrons. The maximum Gasteiger partial charge on any atom is 0.416 e. The Labute approximate surface area is 170 Å². The van der Waals surface area contributed by atoms with Crippen molar-refractivity contribution in [3.05, 3.63) is 64.5 Å². The highest BCUT2D eigenvalue weighted by Gasteiger charge is 2.34. The third kappa shape index (κ3) is 4.02. The number of nitrogens with zero attached hydrogens (tertiary/aromatic N) is 1. The average molecular weight is 421 g/mol. The Morgan fingerprint density at radius 2 is 1.90 bits per heavy atom. The monoisotopic (exact) mass is 421 g/mol. The van der Waals surface area contributed by atoms with Gasteiger partial charge in [-0.3, -0.25) is 9.59 Å². The second-order valence-corrected chi connectivity index (χ2v) is 7.48. The molecule has 2 aromatic rings. The SMILES string of the molecule is O=C(Nc1cccc2c1C(CN1CCCC1)NC2=O)c1cc(F)cc(C(F)(F)F)c1. The molecular formula is C21H19F4N3O2. The molecule has 1 unspecified atom stereocenters. The fourth-order valence-corrected chi connectivity index (χ4v) is 3.99. The van der Waals surface area contributed by atoms with Crippen molar-refractivity contribution in [2.75, 3.05) is 25.0 Å². The van der Waals surface area contributed by atoms with Gasteiger partial charge in [0.1, 0.15) is 5.82 Å². The van der Waals surface area contributed by atoms with Gasteiger partial charge < -0.3 is 15.5 Å². The van der Waals surface area contributed by atoms with E-state index in [2.05, 4.69) is 15.5 Å². The summed E-state index contributed by atoms with van der Waals surface area (Å²) in [7, 11) is 0. The van der Waals surface area contributed by atoms with Gasteiger partial charge in [-0.2, -0.15) is 13.2 Å².